The first-order chi connectivity index (χ1) is 19.8. The molecule has 226 valence electrons. The minimum atomic E-state index is -4.19. The van der Waals surface area contributed by atoms with Crippen LogP contribution in [0.2, 0.25) is 10.0 Å². The highest BCUT2D eigenvalue weighted by atomic mass is 35.5. The molecule has 0 aromatic heterocycles. The van der Waals surface area contributed by atoms with Crippen LogP contribution < -0.4 is 14.4 Å². The molecule has 1 unspecified atom stereocenters. The van der Waals surface area contributed by atoms with Crippen molar-refractivity contribution in [2.45, 2.75) is 64.1 Å². The lowest BCUT2D eigenvalue weighted by Gasteiger charge is -2.34. The molecule has 0 aliphatic carbocycles. The Morgan fingerprint density at radius 2 is 1.57 bits per heavy atom. The molecule has 0 fully saturated rings. The molecule has 0 heterocycles. The Kier molecular flexibility index (Phi) is 11.3. The molecule has 0 saturated heterocycles. The fourth-order valence-corrected chi connectivity index (χ4v) is 6.07. The van der Waals surface area contributed by atoms with Crippen LogP contribution in [0.15, 0.2) is 77.7 Å². The standard InChI is InChI=1S/C31H37Cl2N3O5S/c1-6-28(30(38)34-31(3,4)5)35(20-22-13-18-26(32)27(33)19-22)29(37)21-36(23-11-9-8-10-12-23)42(39,40)25-16-14-24(15-17-25)41-7-2/h8-19,28H,6-7,20-21H2,1-5H3,(H,34,38). The molecule has 0 saturated carbocycles. The predicted octanol–water partition coefficient (Wildman–Crippen LogP) is 6.31. The lowest BCUT2D eigenvalue weighted by atomic mass is 10.1. The molecule has 0 spiro atoms. The number of amides is 2. The second-order valence-corrected chi connectivity index (χ2v) is 13.4. The van der Waals surface area contributed by atoms with Crippen molar-refractivity contribution in [1.29, 1.82) is 0 Å². The van der Waals surface area contributed by atoms with Gasteiger partial charge in [-0.05, 0) is 88.2 Å². The zero-order valence-corrected chi connectivity index (χ0v) is 26.8. The zero-order valence-electron chi connectivity index (χ0n) is 24.4. The van der Waals surface area contributed by atoms with E-state index in [9.17, 15) is 18.0 Å². The van der Waals surface area contributed by atoms with Gasteiger partial charge in [-0.25, -0.2) is 8.42 Å². The molecule has 1 atom stereocenters. The summed E-state index contributed by atoms with van der Waals surface area (Å²) in [5.41, 5.74) is 0.400. The van der Waals surface area contributed by atoms with Gasteiger partial charge in [0.25, 0.3) is 10.0 Å². The Hall–Kier alpha value is -3.27. The molecule has 42 heavy (non-hydrogen) atoms. The maximum atomic E-state index is 14.1. The van der Waals surface area contributed by atoms with Crippen LogP contribution in [0.5, 0.6) is 5.75 Å². The number of hydrogen-bond donors (Lipinski definition) is 1. The lowest BCUT2D eigenvalue weighted by molar-refractivity contribution is -0.141. The maximum Gasteiger partial charge on any atom is 0.264 e. The molecule has 0 bridgehead atoms. The summed E-state index contributed by atoms with van der Waals surface area (Å²) < 4.78 is 34.4. The number of nitrogens with zero attached hydrogens (tertiary/aromatic N) is 2. The van der Waals surface area contributed by atoms with E-state index in [0.29, 0.717) is 40.1 Å². The van der Waals surface area contributed by atoms with Crippen LogP contribution in [0, 0.1) is 0 Å². The number of ether oxygens (including phenoxy) is 1. The van der Waals surface area contributed by atoms with E-state index in [-0.39, 0.29) is 17.3 Å². The topological polar surface area (TPSA) is 96.0 Å². The number of halogens is 2. The van der Waals surface area contributed by atoms with E-state index in [1.54, 1.807) is 67.6 Å². The monoisotopic (exact) mass is 633 g/mol. The number of nitrogens with one attached hydrogen (secondary N) is 1. The fraction of sp³-hybridized carbons (Fsp3) is 0.355. The first kappa shape index (κ1) is 33.2. The summed E-state index contributed by atoms with van der Waals surface area (Å²) in [5, 5.41) is 3.60. The van der Waals surface area contributed by atoms with Gasteiger partial charge in [-0.2, -0.15) is 0 Å². The Morgan fingerprint density at radius 1 is 0.929 bits per heavy atom. The first-order valence-corrected chi connectivity index (χ1v) is 15.8. The van der Waals surface area contributed by atoms with Crippen molar-refractivity contribution in [3.8, 4) is 5.75 Å². The van der Waals surface area contributed by atoms with Gasteiger partial charge in [0.05, 0.1) is 27.2 Å². The highest BCUT2D eigenvalue weighted by Crippen LogP contribution is 2.27. The molecule has 8 nitrogen and oxygen atoms in total. The normalized spacial score (nSPS) is 12.4. The third-order valence-electron chi connectivity index (χ3n) is 6.27. The summed E-state index contributed by atoms with van der Waals surface area (Å²) in [5.74, 6) is -0.378. The smallest absolute Gasteiger partial charge is 0.264 e. The number of rotatable bonds is 12. The van der Waals surface area contributed by atoms with Crippen LogP contribution in [-0.2, 0) is 26.2 Å². The van der Waals surface area contributed by atoms with E-state index in [4.69, 9.17) is 27.9 Å². The molecule has 2 amide bonds. The van der Waals surface area contributed by atoms with Crippen molar-refractivity contribution >= 4 is 50.7 Å². The largest absolute Gasteiger partial charge is 0.494 e. The molecule has 0 aliphatic heterocycles. The second kappa shape index (κ2) is 14.3. The van der Waals surface area contributed by atoms with E-state index in [1.807, 2.05) is 27.7 Å². The van der Waals surface area contributed by atoms with Crippen LogP contribution in [0.3, 0.4) is 0 Å². The summed E-state index contributed by atoms with van der Waals surface area (Å²) >= 11 is 12.4. The third kappa shape index (κ3) is 8.63. The van der Waals surface area contributed by atoms with E-state index in [1.165, 1.54) is 17.0 Å². The van der Waals surface area contributed by atoms with Crippen molar-refractivity contribution in [2.24, 2.45) is 0 Å². The Morgan fingerprint density at radius 3 is 2.12 bits per heavy atom. The summed E-state index contributed by atoms with van der Waals surface area (Å²) in [4.78, 5) is 28.9. The molecule has 11 heteroatoms. The first-order valence-electron chi connectivity index (χ1n) is 13.6. The quantitative estimate of drug-likeness (QED) is 0.252. The Labute approximate surface area is 258 Å². The molecule has 0 radical (unpaired) electrons. The van der Waals surface area contributed by atoms with Crippen LogP contribution in [0.4, 0.5) is 5.69 Å². The highest BCUT2D eigenvalue weighted by Gasteiger charge is 2.34. The predicted molar refractivity (Wildman–Crippen MR) is 168 cm³/mol. The van der Waals surface area contributed by atoms with Gasteiger partial charge in [0, 0.05) is 12.1 Å². The molecule has 0 aliphatic rings. The van der Waals surface area contributed by atoms with Gasteiger partial charge in [-0.1, -0.05) is 54.4 Å². The van der Waals surface area contributed by atoms with E-state index < -0.39 is 34.1 Å². The third-order valence-corrected chi connectivity index (χ3v) is 8.79. The summed E-state index contributed by atoms with van der Waals surface area (Å²) in [6.45, 7) is 9.09. The molecule has 3 rings (SSSR count). The fourth-order valence-electron chi connectivity index (χ4n) is 4.33. The number of sulfonamides is 1. The zero-order chi connectivity index (χ0) is 31.1. The van der Waals surface area contributed by atoms with Crippen molar-refractivity contribution < 1.29 is 22.7 Å². The van der Waals surface area contributed by atoms with Crippen molar-refractivity contribution in [3.05, 3.63) is 88.4 Å². The lowest BCUT2D eigenvalue weighted by Crippen LogP contribution is -2.55. The summed E-state index contributed by atoms with van der Waals surface area (Å²) in [6, 6.07) is 18.5. The number of anilines is 1. The maximum absolute atomic E-state index is 14.1. The SMILES string of the molecule is CCOc1ccc(S(=O)(=O)N(CC(=O)N(Cc2ccc(Cl)c(Cl)c2)C(CC)C(=O)NC(C)(C)C)c2ccccc2)cc1. The number of carbonyl (C=O) groups excluding carboxylic acids is 2. The highest BCUT2D eigenvalue weighted by molar-refractivity contribution is 7.92. The number of para-hydroxylation sites is 1. The molecular formula is C31H37Cl2N3O5S. The summed E-state index contributed by atoms with van der Waals surface area (Å²) in [6.07, 6.45) is 0.298. The van der Waals surface area contributed by atoms with Crippen molar-refractivity contribution in [1.82, 2.24) is 10.2 Å². The number of hydrogen-bond acceptors (Lipinski definition) is 5. The van der Waals surface area contributed by atoms with Gasteiger partial charge < -0.3 is 15.0 Å². The molecular weight excluding hydrogens is 597 g/mol. The van der Waals surface area contributed by atoms with Crippen molar-refractivity contribution in [2.75, 3.05) is 17.5 Å². The number of benzene rings is 3. The second-order valence-electron chi connectivity index (χ2n) is 10.7. The van der Waals surface area contributed by atoms with Gasteiger partial charge >= 0.3 is 0 Å². The summed E-state index contributed by atoms with van der Waals surface area (Å²) in [7, 11) is -4.19. The molecule has 3 aromatic carbocycles. The van der Waals surface area contributed by atoms with Gasteiger partial charge in [-0.15, -0.1) is 0 Å². The molecule has 3 aromatic rings. The number of carbonyl (C=O) groups is 2. The van der Waals surface area contributed by atoms with Crippen molar-refractivity contribution in [3.63, 3.8) is 0 Å². The minimum Gasteiger partial charge on any atom is -0.494 e. The van der Waals surface area contributed by atoms with Crippen LogP contribution in [0.1, 0.15) is 46.6 Å². The minimum absolute atomic E-state index is 0.00356. The van der Waals surface area contributed by atoms with Crippen LogP contribution in [-0.4, -0.2) is 49.9 Å². The average Bonchev–Trinajstić information content (AvgIpc) is 2.93. The van der Waals surface area contributed by atoms with Gasteiger partial charge in [0.1, 0.15) is 18.3 Å². The van der Waals surface area contributed by atoms with E-state index in [2.05, 4.69) is 5.32 Å². The van der Waals surface area contributed by atoms with Gasteiger partial charge in [0.2, 0.25) is 11.8 Å². The Bertz CT molecular complexity index is 1480. The Balaban J connectivity index is 2.05. The van der Waals surface area contributed by atoms with Gasteiger partial charge in [-0.3, -0.25) is 13.9 Å². The van der Waals surface area contributed by atoms with Gasteiger partial charge in [0.15, 0.2) is 0 Å². The molecule has 1 N–H and O–H groups in total. The van der Waals surface area contributed by atoms with Crippen LogP contribution in [0.25, 0.3) is 0 Å². The van der Waals surface area contributed by atoms with Crippen LogP contribution >= 0.6 is 23.2 Å². The van der Waals surface area contributed by atoms with E-state index in [0.717, 1.165) is 4.31 Å². The average molecular weight is 635 g/mol. The van der Waals surface area contributed by atoms with E-state index >= 15 is 0 Å².